The topological polar surface area (TPSA) is 61.4 Å². The average Bonchev–Trinajstić information content (AvgIpc) is 3.52. The first-order valence-electron chi connectivity index (χ1n) is 13.1. The molecule has 2 aliphatic heterocycles. The van der Waals surface area contributed by atoms with Crippen molar-refractivity contribution in [2.75, 3.05) is 0 Å². The molecule has 0 radical (unpaired) electrons. The van der Waals surface area contributed by atoms with Crippen molar-refractivity contribution < 1.29 is 0 Å². The van der Waals surface area contributed by atoms with Gasteiger partial charge in [-0.2, -0.15) is 0 Å². The van der Waals surface area contributed by atoms with Crippen LogP contribution in [0.3, 0.4) is 0 Å². The van der Waals surface area contributed by atoms with E-state index in [4.69, 9.17) is 19.9 Å². The molecule has 2 aliphatic rings. The Labute approximate surface area is 221 Å². The lowest BCUT2D eigenvalue weighted by Crippen LogP contribution is -2.38. The number of para-hydroxylation sites is 2. The highest BCUT2D eigenvalue weighted by molar-refractivity contribution is 6.11. The van der Waals surface area contributed by atoms with Crippen LogP contribution in [0.5, 0.6) is 0 Å². The molecule has 0 bridgehead atoms. The van der Waals surface area contributed by atoms with Gasteiger partial charge in [0.25, 0.3) is 0 Å². The van der Waals surface area contributed by atoms with Crippen LogP contribution in [0.4, 0.5) is 0 Å². The van der Waals surface area contributed by atoms with Gasteiger partial charge in [-0.25, -0.2) is 0 Å². The molecule has 6 aromatic heterocycles. The van der Waals surface area contributed by atoms with Crippen LogP contribution in [0.1, 0.15) is 22.3 Å². The van der Waals surface area contributed by atoms with Crippen LogP contribution in [0, 0.1) is 0 Å². The van der Waals surface area contributed by atoms with E-state index in [0.717, 1.165) is 55.5 Å². The first kappa shape index (κ1) is 19.7. The average molecular weight is 499 g/mol. The zero-order valence-corrected chi connectivity index (χ0v) is 20.6. The highest BCUT2D eigenvalue weighted by Crippen LogP contribution is 2.58. The van der Waals surface area contributed by atoms with Crippen LogP contribution in [0.25, 0.3) is 55.5 Å². The number of aromatic nitrogens is 6. The maximum absolute atomic E-state index is 4.90. The quantitative estimate of drug-likeness (QED) is 0.240. The fourth-order valence-electron chi connectivity index (χ4n) is 7.42. The van der Waals surface area contributed by atoms with Crippen molar-refractivity contribution in [1.29, 1.82) is 0 Å². The second-order valence-corrected chi connectivity index (χ2v) is 10.3. The number of fused-ring (bicyclic) bond motifs is 14. The van der Waals surface area contributed by atoms with E-state index in [1.165, 1.54) is 22.3 Å². The minimum atomic E-state index is -0.579. The van der Waals surface area contributed by atoms with Crippen molar-refractivity contribution in [3.8, 4) is 11.4 Å². The van der Waals surface area contributed by atoms with E-state index in [1.807, 2.05) is 36.9 Å². The number of benzene rings is 2. The molecule has 0 saturated carbocycles. The zero-order chi connectivity index (χ0) is 25.3. The molecular formula is C33H18N6. The molecular weight excluding hydrogens is 480 g/mol. The zero-order valence-electron chi connectivity index (χ0n) is 20.6. The molecule has 0 atom stereocenters. The lowest BCUT2D eigenvalue weighted by Gasteiger charge is -2.44. The van der Waals surface area contributed by atoms with E-state index in [9.17, 15) is 0 Å². The van der Waals surface area contributed by atoms with E-state index in [0.29, 0.717) is 0 Å². The molecule has 0 saturated heterocycles. The molecule has 0 fully saturated rings. The lowest BCUT2D eigenvalue weighted by molar-refractivity contribution is 0.710. The summed E-state index contributed by atoms with van der Waals surface area (Å²) < 4.78 is 4.71. The van der Waals surface area contributed by atoms with Gasteiger partial charge in [0.15, 0.2) is 0 Å². The van der Waals surface area contributed by atoms with Gasteiger partial charge in [0.05, 0.1) is 38.9 Å². The summed E-state index contributed by atoms with van der Waals surface area (Å²) in [7, 11) is 0. The van der Waals surface area contributed by atoms with E-state index in [1.54, 1.807) is 0 Å². The fraction of sp³-hybridized carbons (Fsp3) is 0.0303. The number of hydrogen-bond donors (Lipinski definition) is 0. The smallest absolute Gasteiger partial charge is 0.115 e. The summed E-state index contributed by atoms with van der Waals surface area (Å²) in [6, 6.07) is 30.3. The normalized spacial score (nSPS) is 14.4. The fourth-order valence-corrected chi connectivity index (χ4v) is 7.42. The molecule has 8 heterocycles. The number of hydrogen-bond acceptors (Lipinski definition) is 4. The predicted molar refractivity (Wildman–Crippen MR) is 152 cm³/mol. The summed E-state index contributed by atoms with van der Waals surface area (Å²) in [6.07, 6.45) is 7.60. The third-order valence-corrected chi connectivity index (χ3v) is 8.70. The Balaban J connectivity index is 1.54. The van der Waals surface area contributed by atoms with Crippen molar-refractivity contribution >= 4 is 44.1 Å². The lowest BCUT2D eigenvalue weighted by atomic mass is 9.61. The molecule has 180 valence electrons. The van der Waals surface area contributed by atoms with E-state index >= 15 is 0 Å². The third kappa shape index (κ3) is 2.04. The van der Waals surface area contributed by atoms with Gasteiger partial charge in [0.2, 0.25) is 0 Å². The first-order chi connectivity index (χ1) is 19.4. The standard InChI is InChI=1S/C33H18N6/c1-3-9-23-19(7-1)33(21-13-17-36-29-27-25(11-5-15-34-27)38(23)31(21)29)20-8-2-4-10-24(20)39-26-12-6-16-35-28(26)30-32(39)22(33)14-18-37-30/h1-18H. The Kier molecular flexibility index (Phi) is 3.31. The molecule has 0 aliphatic carbocycles. The van der Waals surface area contributed by atoms with Crippen LogP contribution in [-0.4, -0.2) is 29.1 Å². The molecule has 8 aromatic rings. The van der Waals surface area contributed by atoms with Gasteiger partial charge in [-0.05, 0) is 70.8 Å². The van der Waals surface area contributed by atoms with Crippen molar-refractivity contribution in [2.24, 2.45) is 0 Å². The summed E-state index contributed by atoms with van der Waals surface area (Å²) >= 11 is 0. The summed E-state index contributed by atoms with van der Waals surface area (Å²) in [5.74, 6) is 0. The molecule has 6 heteroatoms. The van der Waals surface area contributed by atoms with Crippen molar-refractivity contribution in [3.05, 3.63) is 132 Å². The van der Waals surface area contributed by atoms with Gasteiger partial charge in [-0.15, -0.1) is 0 Å². The Morgan fingerprint density at radius 3 is 1.38 bits per heavy atom. The molecule has 39 heavy (non-hydrogen) atoms. The molecule has 1 spiro atoms. The summed E-state index contributed by atoms with van der Waals surface area (Å²) in [5, 5.41) is 0. The van der Waals surface area contributed by atoms with E-state index < -0.39 is 5.41 Å². The summed E-state index contributed by atoms with van der Waals surface area (Å²) in [6.45, 7) is 0. The van der Waals surface area contributed by atoms with Crippen molar-refractivity contribution in [2.45, 2.75) is 5.41 Å². The van der Waals surface area contributed by atoms with Crippen LogP contribution in [0.15, 0.2) is 110 Å². The van der Waals surface area contributed by atoms with Crippen molar-refractivity contribution in [3.63, 3.8) is 0 Å². The molecule has 10 rings (SSSR count). The largest absolute Gasteiger partial charge is 0.305 e. The second kappa shape index (κ2) is 6.55. The van der Waals surface area contributed by atoms with Gasteiger partial charge in [0.1, 0.15) is 22.1 Å². The van der Waals surface area contributed by atoms with Crippen LogP contribution in [-0.2, 0) is 5.41 Å². The Hall–Kier alpha value is -5.36. The van der Waals surface area contributed by atoms with Crippen LogP contribution < -0.4 is 0 Å². The maximum atomic E-state index is 4.90. The van der Waals surface area contributed by atoms with Gasteiger partial charge in [-0.1, -0.05) is 36.4 Å². The van der Waals surface area contributed by atoms with Crippen molar-refractivity contribution in [1.82, 2.24) is 29.1 Å². The van der Waals surface area contributed by atoms with E-state index in [-0.39, 0.29) is 0 Å². The second-order valence-electron chi connectivity index (χ2n) is 10.3. The van der Waals surface area contributed by atoms with Crippen LogP contribution >= 0.6 is 0 Å². The minimum absolute atomic E-state index is 0.579. The van der Waals surface area contributed by atoms with Gasteiger partial charge < -0.3 is 9.13 Å². The van der Waals surface area contributed by atoms with Crippen LogP contribution in [0.2, 0.25) is 0 Å². The minimum Gasteiger partial charge on any atom is -0.305 e. The molecule has 6 nitrogen and oxygen atoms in total. The van der Waals surface area contributed by atoms with Gasteiger partial charge in [0, 0.05) is 24.8 Å². The Morgan fingerprint density at radius 2 is 0.872 bits per heavy atom. The highest BCUT2D eigenvalue weighted by Gasteiger charge is 2.50. The van der Waals surface area contributed by atoms with Gasteiger partial charge in [-0.3, -0.25) is 19.9 Å². The van der Waals surface area contributed by atoms with E-state index in [2.05, 4.69) is 81.9 Å². The summed E-state index contributed by atoms with van der Waals surface area (Å²) in [4.78, 5) is 19.4. The molecule has 0 N–H and O–H groups in total. The third-order valence-electron chi connectivity index (χ3n) is 8.70. The molecule has 2 aromatic carbocycles. The Bertz CT molecular complexity index is 2190. The SMILES string of the molecule is c1ccc2c(c1)-n1c3cccnc3c3nccc(c31)C21c2ccccc2-n2c3cccnc3c3nccc1c32. The Morgan fingerprint density at radius 1 is 0.410 bits per heavy atom. The number of nitrogens with zero attached hydrogens (tertiary/aromatic N) is 6. The molecule has 0 unspecified atom stereocenters. The first-order valence-corrected chi connectivity index (χ1v) is 13.1. The number of pyridine rings is 4. The predicted octanol–water partition coefficient (Wildman–Crippen LogP) is 6.47. The molecule has 0 amide bonds. The number of rotatable bonds is 0. The summed E-state index contributed by atoms with van der Waals surface area (Å²) in [5.41, 5.74) is 14.6. The monoisotopic (exact) mass is 498 g/mol. The highest BCUT2D eigenvalue weighted by atomic mass is 15.1. The van der Waals surface area contributed by atoms with Gasteiger partial charge >= 0.3 is 0 Å². The maximum Gasteiger partial charge on any atom is 0.115 e.